The number of methoxy groups -OCH3 is 1. The smallest absolute Gasteiger partial charge is 0.244 e. The Morgan fingerprint density at radius 2 is 2.36 bits per heavy atom. The van der Waals surface area contributed by atoms with Crippen molar-refractivity contribution < 1.29 is 17.9 Å². The summed E-state index contributed by atoms with van der Waals surface area (Å²) in [7, 11) is -2.17. The average molecular weight is 381 g/mol. The van der Waals surface area contributed by atoms with Crippen LogP contribution in [0.15, 0.2) is 28.6 Å². The molecule has 0 bridgehead atoms. The molecule has 2 aromatic rings. The maximum atomic E-state index is 13.2. The van der Waals surface area contributed by atoms with Gasteiger partial charge in [-0.2, -0.15) is 4.31 Å². The third-order valence-electron chi connectivity index (χ3n) is 5.07. The molecule has 2 fully saturated rings. The van der Waals surface area contributed by atoms with E-state index in [1.54, 1.807) is 30.8 Å². The van der Waals surface area contributed by atoms with E-state index in [-0.39, 0.29) is 16.7 Å². The number of carbonyl (C=O) groups is 1. The lowest BCUT2D eigenvalue weighted by molar-refractivity contribution is -0.126. The number of amides is 1. The summed E-state index contributed by atoms with van der Waals surface area (Å²) in [6.07, 6.45) is 1.31. The van der Waals surface area contributed by atoms with Crippen molar-refractivity contribution in [3.05, 3.63) is 23.7 Å². The van der Waals surface area contributed by atoms with Gasteiger partial charge in [0.2, 0.25) is 15.9 Å². The van der Waals surface area contributed by atoms with Crippen molar-refractivity contribution in [2.45, 2.75) is 23.3 Å². The number of carbonyl (C=O) groups excluding carboxylic acids is 1. The molecule has 7 nitrogen and oxygen atoms in total. The first-order valence-corrected chi connectivity index (χ1v) is 10.5. The molecule has 1 N–H and O–H groups in total. The van der Waals surface area contributed by atoms with Gasteiger partial charge in [0.05, 0.1) is 27.2 Å². The molecule has 1 aromatic heterocycles. The number of nitrogens with zero attached hydrogens (tertiary/aromatic N) is 2. The van der Waals surface area contributed by atoms with Crippen molar-refractivity contribution >= 4 is 37.5 Å². The maximum Gasteiger partial charge on any atom is 0.244 e. The van der Waals surface area contributed by atoms with Gasteiger partial charge in [-0.25, -0.2) is 13.4 Å². The van der Waals surface area contributed by atoms with Gasteiger partial charge in [-0.05, 0) is 37.0 Å². The van der Waals surface area contributed by atoms with Crippen LogP contribution < -0.4 is 5.32 Å². The number of aromatic nitrogens is 1. The first kappa shape index (κ1) is 16.9. The lowest BCUT2D eigenvalue weighted by Crippen LogP contribution is -2.50. The van der Waals surface area contributed by atoms with Crippen LogP contribution in [0.2, 0.25) is 0 Å². The molecular weight excluding hydrogens is 362 g/mol. The van der Waals surface area contributed by atoms with Crippen LogP contribution >= 0.6 is 11.3 Å². The van der Waals surface area contributed by atoms with Crippen molar-refractivity contribution in [3.63, 3.8) is 0 Å². The van der Waals surface area contributed by atoms with E-state index in [1.165, 1.54) is 15.6 Å². The predicted octanol–water partition coefficient (Wildman–Crippen LogP) is 1.21. The second-order valence-corrected chi connectivity index (χ2v) is 9.17. The van der Waals surface area contributed by atoms with Crippen molar-refractivity contribution in [1.29, 1.82) is 0 Å². The summed E-state index contributed by atoms with van der Waals surface area (Å²) >= 11 is 1.40. The second kappa shape index (κ2) is 6.01. The zero-order chi connectivity index (χ0) is 17.7. The number of piperidine rings is 1. The first-order valence-electron chi connectivity index (χ1n) is 8.13. The van der Waals surface area contributed by atoms with E-state index in [0.29, 0.717) is 26.1 Å². The van der Waals surface area contributed by atoms with E-state index in [2.05, 4.69) is 10.3 Å². The minimum Gasteiger partial charge on any atom is -0.383 e. The Balaban J connectivity index is 1.64. The highest BCUT2D eigenvalue weighted by molar-refractivity contribution is 7.89. The van der Waals surface area contributed by atoms with Gasteiger partial charge in [0, 0.05) is 20.2 Å². The monoisotopic (exact) mass is 381 g/mol. The Hall–Kier alpha value is -1.55. The molecule has 1 saturated carbocycles. The van der Waals surface area contributed by atoms with Gasteiger partial charge >= 0.3 is 0 Å². The highest BCUT2D eigenvalue weighted by Gasteiger charge is 2.70. The number of thiazole rings is 1. The molecule has 1 aromatic carbocycles. The largest absolute Gasteiger partial charge is 0.383 e. The highest BCUT2D eigenvalue weighted by Crippen LogP contribution is 2.57. The molecule has 1 amide bonds. The van der Waals surface area contributed by atoms with Gasteiger partial charge < -0.3 is 10.1 Å². The van der Waals surface area contributed by atoms with Gasteiger partial charge in [-0.3, -0.25) is 4.79 Å². The summed E-state index contributed by atoms with van der Waals surface area (Å²) in [5, 5.41) is 2.81. The molecule has 2 unspecified atom stereocenters. The fraction of sp³-hybridized carbons (Fsp3) is 0.500. The molecule has 0 radical (unpaired) electrons. The van der Waals surface area contributed by atoms with Crippen molar-refractivity contribution in [1.82, 2.24) is 14.6 Å². The van der Waals surface area contributed by atoms with Gasteiger partial charge in [-0.1, -0.05) is 0 Å². The Kier molecular flexibility index (Phi) is 4.06. The summed E-state index contributed by atoms with van der Waals surface area (Å²) in [5.41, 5.74) is 1.55. The first-order chi connectivity index (χ1) is 12.0. The van der Waals surface area contributed by atoms with E-state index in [4.69, 9.17) is 4.74 Å². The van der Waals surface area contributed by atoms with E-state index < -0.39 is 15.6 Å². The summed E-state index contributed by atoms with van der Waals surface area (Å²) in [6, 6.07) is 4.93. The molecule has 1 aliphatic carbocycles. The molecular formula is C16H19N3O4S2. The van der Waals surface area contributed by atoms with Gasteiger partial charge in [0.1, 0.15) is 5.54 Å². The van der Waals surface area contributed by atoms with Crippen molar-refractivity contribution in [3.8, 4) is 0 Å². The number of benzene rings is 1. The second-order valence-electron chi connectivity index (χ2n) is 6.42. The molecule has 0 spiro atoms. The van der Waals surface area contributed by atoms with E-state index in [0.717, 1.165) is 16.6 Å². The van der Waals surface area contributed by atoms with Gasteiger partial charge in [-0.15, -0.1) is 11.3 Å². The van der Waals surface area contributed by atoms with E-state index in [9.17, 15) is 13.2 Å². The minimum absolute atomic E-state index is 0.108. The fourth-order valence-corrected chi connectivity index (χ4v) is 6.34. The molecule has 134 valence electrons. The molecule has 1 aliphatic heterocycles. The van der Waals surface area contributed by atoms with Crippen molar-refractivity contribution in [2.75, 3.05) is 26.8 Å². The van der Waals surface area contributed by atoms with E-state index >= 15 is 0 Å². The SMILES string of the molecule is COCCNC(=O)C12CC1CCN2S(=O)(=O)c1ccc2ncsc2c1. The summed E-state index contributed by atoms with van der Waals surface area (Å²) in [5.74, 6) is -0.105. The molecule has 2 heterocycles. The summed E-state index contributed by atoms with van der Waals surface area (Å²) in [6.45, 7) is 1.16. The number of ether oxygens (including phenoxy) is 1. The van der Waals surface area contributed by atoms with Crippen LogP contribution in [0.4, 0.5) is 0 Å². The third kappa shape index (κ3) is 2.57. The molecule has 1 saturated heterocycles. The maximum absolute atomic E-state index is 13.2. The number of nitrogens with one attached hydrogen (secondary N) is 1. The van der Waals surface area contributed by atoms with Crippen LogP contribution in [0.25, 0.3) is 10.2 Å². The average Bonchev–Trinajstić information content (AvgIpc) is 2.96. The normalized spacial score (nSPS) is 25.9. The Bertz CT molecular complexity index is 926. The Labute approximate surface area is 150 Å². The van der Waals surface area contributed by atoms with Gasteiger partial charge in [0.25, 0.3) is 0 Å². The number of fused-ring (bicyclic) bond motifs is 2. The molecule has 4 rings (SSSR count). The summed E-state index contributed by atoms with van der Waals surface area (Å²) in [4.78, 5) is 17.1. The van der Waals surface area contributed by atoms with Crippen molar-refractivity contribution in [2.24, 2.45) is 5.92 Å². The number of hydrogen-bond donors (Lipinski definition) is 1. The minimum atomic E-state index is -3.73. The number of sulfonamides is 1. The van der Waals surface area contributed by atoms with Crippen LogP contribution in [0.1, 0.15) is 12.8 Å². The summed E-state index contributed by atoms with van der Waals surface area (Å²) < 4.78 is 33.5. The lowest BCUT2D eigenvalue weighted by Gasteiger charge is -2.26. The number of rotatable bonds is 6. The quantitative estimate of drug-likeness (QED) is 0.760. The lowest BCUT2D eigenvalue weighted by atomic mass is 10.2. The zero-order valence-corrected chi connectivity index (χ0v) is 15.4. The number of hydrogen-bond acceptors (Lipinski definition) is 6. The highest BCUT2D eigenvalue weighted by atomic mass is 32.2. The molecule has 25 heavy (non-hydrogen) atoms. The van der Waals surface area contributed by atoms with Crippen LogP contribution in [-0.2, 0) is 19.6 Å². The Morgan fingerprint density at radius 3 is 3.12 bits per heavy atom. The zero-order valence-electron chi connectivity index (χ0n) is 13.8. The van der Waals surface area contributed by atoms with Crippen LogP contribution in [-0.4, -0.2) is 56.0 Å². The standard InChI is InChI=1S/C16H19N3O4S2/c1-23-7-5-17-15(20)16-9-11(16)4-6-19(16)25(21,22)12-2-3-13-14(8-12)24-10-18-13/h2-3,8,10-11H,4-7,9H2,1H3,(H,17,20). The van der Waals surface area contributed by atoms with E-state index in [1.807, 2.05) is 0 Å². The third-order valence-corrected chi connectivity index (χ3v) is 7.80. The molecule has 9 heteroatoms. The molecule has 2 atom stereocenters. The van der Waals surface area contributed by atoms with Crippen LogP contribution in [0.3, 0.4) is 0 Å². The van der Waals surface area contributed by atoms with Crippen LogP contribution in [0.5, 0.6) is 0 Å². The van der Waals surface area contributed by atoms with Gasteiger partial charge in [0.15, 0.2) is 0 Å². The fourth-order valence-electron chi connectivity index (χ4n) is 3.70. The predicted molar refractivity (Wildman–Crippen MR) is 93.9 cm³/mol. The molecule has 2 aliphatic rings. The topological polar surface area (TPSA) is 88.6 Å². The Morgan fingerprint density at radius 1 is 1.52 bits per heavy atom. The van der Waals surface area contributed by atoms with Crippen LogP contribution in [0, 0.1) is 5.92 Å².